The molecule has 23 heavy (non-hydrogen) atoms. The van der Waals surface area contributed by atoms with Crippen LogP contribution in [0.3, 0.4) is 0 Å². The molecule has 0 unspecified atom stereocenters. The monoisotopic (exact) mass is 318 g/mol. The smallest absolute Gasteiger partial charge is 0.321 e. The molecule has 1 aliphatic rings. The maximum Gasteiger partial charge on any atom is 0.321 e. The molecule has 0 bridgehead atoms. The Bertz CT molecular complexity index is 522. The van der Waals surface area contributed by atoms with Crippen molar-refractivity contribution in [1.29, 1.82) is 0 Å². The van der Waals surface area contributed by atoms with Crippen LogP contribution >= 0.6 is 0 Å². The summed E-state index contributed by atoms with van der Waals surface area (Å²) >= 11 is 0. The third-order valence-corrected chi connectivity index (χ3v) is 4.56. The van der Waals surface area contributed by atoms with Crippen LogP contribution in [0.15, 0.2) is 30.3 Å². The lowest BCUT2D eigenvalue weighted by Gasteiger charge is -2.35. The van der Waals surface area contributed by atoms with Crippen LogP contribution < -0.4 is 15.5 Å². The number of carbonyl (C=O) groups excluding carboxylic acids is 2. The van der Waals surface area contributed by atoms with Gasteiger partial charge in [0.1, 0.15) is 0 Å². The molecule has 0 aliphatic carbocycles. The van der Waals surface area contributed by atoms with E-state index in [1.165, 1.54) is 11.3 Å². The van der Waals surface area contributed by atoms with Crippen LogP contribution in [0.4, 0.5) is 4.79 Å². The minimum absolute atomic E-state index is 0.202. The summed E-state index contributed by atoms with van der Waals surface area (Å²) in [4.78, 5) is 25.4. The normalized spacial score (nSPS) is 25.4. The Morgan fingerprint density at radius 3 is 2.39 bits per heavy atom. The number of nitrogens with one attached hydrogen (secondary N) is 3. The molecule has 1 fully saturated rings. The molecule has 5 heteroatoms. The third kappa shape index (κ3) is 5.36. The first-order chi connectivity index (χ1) is 11.0. The number of carbonyl (C=O) groups is 2. The van der Waals surface area contributed by atoms with Gasteiger partial charge in [0, 0.05) is 18.4 Å². The lowest BCUT2D eigenvalue weighted by atomic mass is 9.91. The zero-order chi connectivity index (χ0) is 16.8. The molecule has 126 valence electrons. The van der Waals surface area contributed by atoms with Crippen molar-refractivity contribution in [3.63, 3.8) is 0 Å². The van der Waals surface area contributed by atoms with Gasteiger partial charge in [-0.15, -0.1) is 0 Å². The number of urea groups is 1. The summed E-state index contributed by atoms with van der Waals surface area (Å²) in [6, 6.07) is 9.01. The summed E-state index contributed by atoms with van der Waals surface area (Å²) in [5, 5.41) is 5.19. The summed E-state index contributed by atoms with van der Waals surface area (Å²) < 4.78 is 0. The quantitative estimate of drug-likeness (QED) is 0.774. The zero-order valence-corrected chi connectivity index (χ0v) is 14.3. The lowest BCUT2D eigenvalue weighted by molar-refractivity contribution is -0.925. The molecule has 3 amide bonds. The molecule has 1 aromatic carbocycles. The van der Waals surface area contributed by atoms with E-state index in [2.05, 4.69) is 24.5 Å². The van der Waals surface area contributed by atoms with Crippen LogP contribution in [0, 0.1) is 11.8 Å². The summed E-state index contributed by atoms with van der Waals surface area (Å²) in [5.74, 6) is 1.04. The van der Waals surface area contributed by atoms with E-state index in [0.717, 1.165) is 18.7 Å². The fraction of sp³-hybridized carbons (Fsp3) is 0.556. The Balaban J connectivity index is 1.79. The summed E-state index contributed by atoms with van der Waals surface area (Å²) in [6.07, 6.45) is 1.22. The highest BCUT2D eigenvalue weighted by Crippen LogP contribution is 2.12. The maximum absolute atomic E-state index is 12.3. The van der Waals surface area contributed by atoms with Crippen molar-refractivity contribution in [3.8, 4) is 0 Å². The number of piperidine rings is 1. The number of amides is 3. The SMILES string of the molecule is C[C@H]1C[C@H](C)C[NH+]([C@@H](C)C(=O)NC(=O)NCc2ccccc2)C1. The molecule has 0 spiro atoms. The van der Waals surface area contributed by atoms with E-state index in [9.17, 15) is 9.59 Å². The predicted octanol–water partition coefficient (Wildman–Crippen LogP) is 0.962. The lowest BCUT2D eigenvalue weighted by Crippen LogP contribution is -3.18. The maximum atomic E-state index is 12.3. The largest absolute Gasteiger partial charge is 0.334 e. The number of imide groups is 1. The topological polar surface area (TPSA) is 62.6 Å². The average molecular weight is 318 g/mol. The van der Waals surface area contributed by atoms with Gasteiger partial charge >= 0.3 is 6.03 Å². The fourth-order valence-electron chi connectivity index (χ4n) is 3.41. The number of benzene rings is 1. The molecule has 3 atom stereocenters. The van der Waals surface area contributed by atoms with Gasteiger partial charge in [-0.3, -0.25) is 10.1 Å². The second kappa shape index (κ2) is 8.11. The van der Waals surface area contributed by atoms with Crippen LogP contribution in [0.5, 0.6) is 0 Å². The number of rotatable bonds is 4. The van der Waals surface area contributed by atoms with E-state index in [1.54, 1.807) is 0 Å². The molecular weight excluding hydrogens is 290 g/mol. The minimum Gasteiger partial charge on any atom is -0.334 e. The highest BCUT2D eigenvalue weighted by atomic mass is 16.2. The molecule has 1 aliphatic heterocycles. The highest BCUT2D eigenvalue weighted by Gasteiger charge is 2.32. The van der Waals surface area contributed by atoms with Crippen molar-refractivity contribution in [3.05, 3.63) is 35.9 Å². The van der Waals surface area contributed by atoms with Crippen LogP contribution in [0.2, 0.25) is 0 Å². The van der Waals surface area contributed by atoms with Crippen molar-refractivity contribution in [2.24, 2.45) is 11.8 Å². The summed E-state index contributed by atoms with van der Waals surface area (Å²) in [5.41, 5.74) is 1.01. The van der Waals surface area contributed by atoms with Crippen molar-refractivity contribution >= 4 is 11.9 Å². The summed E-state index contributed by atoms with van der Waals surface area (Å²) in [7, 11) is 0. The molecular formula is C18H28N3O2+. The Morgan fingerprint density at radius 1 is 1.17 bits per heavy atom. The van der Waals surface area contributed by atoms with E-state index in [-0.39, 0.29) is 11.9 Å². The number of hydrogen-bond acceptors (Lipinski definition) is 2. The number of hydrogen-bond donors (Lipinski definition) is 3. The van der Waals surface area contributed by atoms with Crippen molar-refractivity contribution in [1.82, 2.24) is 10.6 Å². The van der Waals surface area contributed by atoms with E-state index >= 15 is 0 Å². The van der Waals surface area contributed by atoms with Gasteiger partial charge in [-0.2, -0.15) is 0 Å². The molecule has 1 aromatic rings. The van der Waals surface area contributed by atoms with Gasteiger partial charge in [0.15, 0.2) is 6.04 Å². The van der Waals surface area contributed by atoms with Gasteiger partial charge in [0.25, 0.3) is 5.91 Å². The number of quaternary nitrogens is 1. The Kier molecular flexibility index (Phi) is 6.16. The van der Waals surface area contributed by atoms with Gasteiger partial charge in [-0.05, 0) is 18.9 Å². The molecule has 3 N–H and O–H groups in total. The van der Waals surface area contributed by atoms with Crippen molar-refractivity contribution < 1.29 is 14.5 Å². The molecule has 5 nitrogen and oxygen atoms in total. The van der Waals surface area contributed by atoms with E-state index in [4.69, 9.17) is 0 Å². The van der Waals surface area contributed by atoms with Gasteiger partial charge in [-0.25, -0.2) is 4.79 Å². The first kappa shape index (κ1) is 17.5. The first-order valence-electron chi connectivity index (χ1n) is 8.43. The minimum atomic E-state index is -0.428. The predicted molar refractivity (Wildman–Crippen MR) is 89.9 cm³/mol. The molecule has 1 heterocycles. The van der Waals surface area contributed by atoms with Crippen LogP contribution in [-0.2, 0) is 11.3 Å². The van der Waals surface area contributed by atoms with Gasteiger partial charge in [-0.1, -0.05) is 44.2 Å². The highest BCUT2D eigenvalue weighted by molar-refractivity contribution is 5.96. The van der Waals surface area contributed by atoms with Gasteiger partial charge in [0.05, 0.1) is 13.1 Å². The molecule has 0 radical (unpaired) electrons. The van der Waals surface area contributed by atoms with Crippen LogP contribution in [0.25, 0.3) is 0 Å². The molecule has 0 aromatic heterocycles. The second-order valence-corrected chi connectivity index (χ2v) is 6.89. The van der Waals surface area contributed by atoms with Crippen LogP contribution in [0.1, 0.15) is 32.8 Å². The van der Waals surface area contributed by atoms with E-state index in [0.29, 0.717) is 18.4 Å². The van der Waals surface area contributed by atoms with Gasteiger partial charge < -0.3 is 10.2 Å². The third-order valence-electron chi connectivity index (χ3n) is 4.56. The Morgan fingerprint density at radius 2 is 1.78 bits per heavy atom. The van der Waals surface area contributed by atoms with Crippen LogP contribution in [-0.4, -0.2) is 31.1 Å². The summed E-state index contributed by atoms with van der Waals surface area (Å²) in [6.45, 7) is 8.76. The van der Waals surface area contributed by atoms with Gasteiger partial charge in [0.2, 0.25) is 0 Å². The molecule has 1 saturated heterocycles. The average Bonchev–Trinajstić information content (AvgIpc) is 2.52. The molecule has 0 saturated carbocycles. The Labute approximate surface area is 138 Å². The standard InChI is InChI=1S/C18H27N3O2/c1-13-9-14(2)12-21(11-13)15(3)17(22)20-18(23)19-10-16-7-5-4-6-8-16/h4-8,13-15H,9-12H2,1-3H3,(H2,19,20,22,23)/p+1/t13-,14-,15-/m0/s1. The van der Waals surface area contributed by atoms with E-state index in [1.807, 2.05) is 37.3 Å². The van der Waals surface area contributed by atoms with E-state index < -0.39 is 6.03 Å². The first-order valence-corrected chi connectivity index (χ1v) is 8.43. The Hall–Kier alpha value is -1.88. The van der Waals surface area contributed by atoms with Crippen molar-refractivity contribution in [2.45, 2.75) is 39.8 Å². The molecule has 2 rings (SSSR count). The zero-order valence-electron chi connectivity index (χ0n) is 14.3. The second-order valence-electron chi connectivity index (χ2n) is 6.89. The van der Waals surface area contributed by atoms with Crippen molar-refractivity contribution in [2.75, 3.05) is 13.1 Å². The number of likely N-dealkylation sites (tertiary alicyclic amines) is 1. The fourth-order valence-corrected chi connectivity index (χ4v) is 3.41.